The van der Waals surface area contributed by atoms with Gasteiger partial charge in [-0.25, -0.2) is 4.79 Å². The smallest absolute Gasteiger partial charge is 0.407 e. The minimum absolute atomic E-state index is 0.0782. The van der Waals surface area contributed by atoms with Crippen LogP contribution in [0.25, 0.3) is 0 Å². The van der Waals surface area contributed by atoms with E-state index in [1.165, 1.54) is 0 Å². The molecule has 0 saturated carbocycles. The lowest BCUT2D eigenvalue weighted by Crippen LogP contribution is -2.38. The number of rotatable bonds is 5. The number of nitrogens with one attached hydrogen (secondary N) is 2. The van der Waals surface area contributed by atoms with Gasteiger partial charge in [-0.2, -0.15) is 0 Å². The molecule has 0 bridgehead atoms. The normalized spacial score (nSPS) is 22.2. The van der Waals surface area contributed by atoms with Gasteiger partial charge in [0.05, 0.1) is 6.61 Å². The van der Waals surface area contributed by atoms with E-state index in [0.717, 1.165) is 18.5 Å². The number of amides is 1. The number of aliphatic hydroxyl groups is 1. The highest BCUT2D eigenvalue weighted by Gasteiger charge is 2.26. The quantitative estimate of drug-likeness (QED) is 0.738. The highest BCUT2D eigenvalue weighted by molar-refractivity contribution is 5.67. The molecule has 0 unspecified atom stereocenters. The summed E-state index contributed by atoms with van der Waals surface area (Å²) in [5, 5.41) is 15.1. The van der Waals surface area contributed by atoms with E-state index in [0.29, 0.717) is 6.54 Å². The van der Waals surface area contributed by atoms with E-state index in [1.54, 1.807) is 0 Å². The minimum Gasteiger partial charge on any atom is -0.445 e. The first-order valence-corrected chi connectivity index (χ1v) is 6.58. The first-order valence-electron chi connectivity index (χ1n) is 6.58. The zero-order chi connectivity index (χ0) is 13.5. The molecular weight excluding hydrogens is 244 g/mol. The first-order chi connectivity index (χ1) is 9.29. The number of benzene rings is 1. The minimum atomic E-state index is -0.410. The molecule has 19 heavy (non-hydrogen) atoms. The summed E-state index contributed by atoms with van der Waals surface area (Å²) in [6, 6.07) is 9.64. The maximum Gasteiger partial charge on any atom is 0.407 e. The molecule has 1 heterocycles. The molecule has 5 heteroatoms. The molecule has 0 radical (unpaired) electrons. The summed E-state index contributed by atoms with van der Waals surface area (Å²) in [5.74, 6) is 0.272. The molecule has 1 amide bonds. The maximum absolute atomic E-state index is 11.6. The van der Waals surface area contributed by atoms with Crippen molar-refractivity contribution in [2.75, 3.05) is 19.7 Å². The summed E-state index contributed by atoms with van der Waals surface area (Å²) in [6.07, 6.45) is 0.553. The fourth-order valence-electron chi connectivity index (χ4n) is 2.27. The van der Waals surface area contributed by atoms with Crippen molar-refractivity contribution >= 4 is 6.09 Å². The molecule has 3 N–H and O–H groups in total. The molecular formula is C14H20N2O3. The van der Waals surface area contributed by atoms with E-state index in [9.17, 15) is 4.79 Å². The van der Waals surface area contributed by atoms with Gasteiger partial charge < -0.3 is 20.5 Å². The van der Waals surface area contributed by atoms with Crippen molar-refractivity contribution in [1.29, 1.82) is 0 Å². The predicted octanol–water partition coefficient (Wildman–Crippen LogP) is 0.883. The topological polar surface area (TPSA) is 70.6 Å². The number of ether oxygens (including phenoxy) is 1. The van der Waals surface area contributed by atoms with E-state index < -0.39 is 6.09 Å². The molecule has 1 aromatic carbocycles. The summed E-state index contributed by atoms with van der Waals surface area (Å²) >= 11 is 0. The van der Waals surface area contributed by atoms with E-state index in [2.05, 4.69) is 10.6 Å². The molecule has 5 nitrogen and oxygen atoms in total. The van der Waals surface area contributed by atoms with Crippen molar-refractivity contribution in [1.82, 2.24) is 10.6 Å². The van der Waals surface area contributed by atoms with Gasteiger partial charge in [-0.1, -0.05) is 30.3 Å². The zero-order valence-electron chi connectivity index (χ0n) is 10.8. The van der Waals surface area contributed by atoms with Gasteiger partial charge in [0, 0.05) is 12.6 Å². The summed E-state index contributed by atoms with van der Waals surface area (Å²) in [5.41, 5.74) is 0.966. The second kappa shape index (κ2) is 7.11. The summed E-state index contributed by atoms with van der Waals surface area (Å²) < 4.78 is 5.12. The second-order valence-electron chi connectivity index (χ2n) is 4.73. The third-order valence-electron chi connectivity index (χ3n) is 3.41. The van der Waals surface area contributed by atoms with Crippen molar-refractivity contribution in [3.8, 4) is 0 Å². The van der Waals surface area contributed by atoms with Crippen LogP contribution in [0, 0.1) is 5.92 Å². The van der Waals surface area contributed by atoms with E-state index in [4.69, 9.17) is 9.84 Å². The third-order valence-corrected chi connectivity index (χ3v) is 3.41. The van der Waals surface area contributed by atoms with Gasteiger partial charge in [0.2, 0.25) is 0 Å². The number of carbonyl (C=O) groups is 1. The summed E-state index contributed by atoms with van der Waals surface area (Å²) in [4.78, 5) is 11.6. The van der Waals surface area contributed by atoms with Gasteiger partial charge in [0.25, 0.3) is 0 Å². The van der Waals surface area contributed by atoms with Crippen LogP contribution in [0.2, 0.25) is 0 Å². The molecule has 1 saturated heterocycles. The average Bonchev–Trinajstić information content (AvgIpc) is 2.91. The molecule has 2 rings (SSSR count). The highest BCUT2D eigenvalue weighted by atomic mass is 16.5. The lowest BCUT2D eigenvalue weighted by Gasteiger charge is -2.17. The van der Waals surface area contributed by atoms with Crippen LogP contribution in [0.4, 0.5) is 4.79 Å². The fraction of sp³-hybridized carbons (Fsp3) is 0.500. The van der Waals surface area contributed by atoms with E-state index in [1.807, 2.05) is 30.3 Å². The van der Waals surface area contributed by atoms with Gasteiger partial charge in [-0.05, 0) is 24.4 Å². The zero-order valence-corrected chi connectivity index (χ0v) is 10.8. The standard InChI is InChI=1S/C14H20N2O3/c17-9-13-12(6-7-15-13)8-16-14(18)19-10-11-4-2-1-3-5-11/h1-5,12-13,15,17H,6-10H2,(H,16,18)/t12-,13+/m0/s1. The van der Waals surface area contributed by atoms with Crippen molar-refractivity contribution < 1.29 is 14.6 Å². The Balaban J connectivity index is 1.67. The Hall–Kier alpha value is -1.59. The van der Waals surface area contributed by atoms with Crippen LogP contribution < -0.4 is 10.6 Å². The number of hydrogen-bond acceptors (Lipinski definition) is 4. The van der Waals surface area contributed by atoms with Crippen LogP contribution in [0.1, 0.15) is 12.0 Å². The van der Waals surface area contributed by atoms with Crippen LogP contribution in [-0.2, 0) is 11.3 Å². The van der Waals surface area contributed by atoms with Gasteiger partial charge >= 0.3 is 6.09 Å². The van der Waals surface area contributed by atoms with Crippen molar-refractivity contribution in [3.63, 3.8) is 0 Å². The Kier molecular flexibility index (Phi) is 5.18. The molecule has 0 aromatic heterocycles. The van der Waals surface area contributed by atoms with Crippen LogP contribution in [-0.4, -0.2) is 36.9 Å². The van der Waals surface area contributed by atoms with E-state index in [-0.39, 0.29) is 25.2 Å². The van der Waals surface area contributed by atoms with Crippen molar-refractivity contribution in [2.24, 2.45) is 5.92 Å². The lowest BCUT2D eigenvalue weighted by molar-refractivity contribution is 0.136. The Labute approximate surface area is 113 Å². The Morgan fingerprint density at radius 2 is 2.21 bits per heavy atom. The third kappa shape index (κ3) is 4.22. The number of carbonyl (C=O) groups excluding carboxylic acids is 1. The van der Waals surface area contributed by atoms with E-state index >= 15 is 0 Å². The van der Waals surface area contributed by atoms with Crippen molar-refractivity contribution in [2.45, 2.75) is 19.1 Å². The van der Waals surface area contributed by atoms with Crippen LogP contribution in [0.3, 0.4) is 0 Å². The van der Waals surface area contributed by atoms with Crippen LogP contribution >= 0.6 is 0 Å². The number of aliphatic hydroxyl groups excluding tert-OH is 1. The van der Waals surface area contributed by atoms with Gasteiger partial charge in [0.1, 0.15) is 6.61 Å². The lowest BCUT2D eigenvalue weighted by atomic mass is 10.0. The molecule has 1 aliphatic heterocycles. The fourth-order valence-corrected chi connectivity index (χ4v) is 2.27. The molecule has 2 atom stereocenters. The predicted molar refractivity (Wildman–Crippen MR) is 71.6 cm³/mol. The Morgan fingerprint density at radius 3 is 2.95 bits per heavy atom. The summed E-state index contributed by atoms with van der Waals surface area (Å²) in [7, 11) is 0. The highest BCUT2D eigenvalue weighted by Crippen LogP contribution is 2.13. The molecule has 1 aliphatic rings. The SMILES string of the molecule is O=C(NC[C@@H]1CCN[C@@H]1CO)OCc1ccccc1. The van der Waals surface area contributed by atoms with Gasteiger partial charge in [-0.15, -0.1) is 0 Å². The largest absolute Gasteiger partial charge is 0.445 e. The van der Waals surface area contributed by atoms with Crippen LogP contribution in [0.5, 0.6) is 0 Å². The Bertz CT molecular complexity index is 397. The van der Waals surface area contributed by atoms with Crippen LogP contribution in [0.15, 0.2) is 30.3 Å². The van der Waals surface area contributed by atoms with Gasteiger partial charge in [-0.3, -0.25) is 0 Å². The first kappa shape index (κ1) is 13.8. The average molecular weight is 264 g/mol. The Morgan fingerprint density at radius 1 is 1.42 bits per heavy atom. The molecule has 104 valence electrons. The summed E-state index contributed by atoms with van der Waals surface area (Å²) in [6.45, 7) is 1.80. The maximum atomic E-state index is 11.6. The molecule has 0 aliphatic carbocycles. The van der Waals surface area contributed by atoms with Gasteiger partial charge in [0.15, 0.2) is 0 Å². The molecule has 0 spiro atoms. The number of alkyl carbamates (subject to hydrolysis) is 1. The molecule has 1 fully saturated rings. The monoisotopic (exact) mass is 264 g/mol. The second-order valence-corrected chi connectivity index (χ2v) is 4.73. The molecule has 1 aromatic rings. The number of hydrogen-bond donors (Lipinski definition) is 3. The van der Waals surface area contributed by atoms with Crippen molar-refractivity contribution in [3.05, 3.63) is 35.9 Å².